The van der Waals surface area contributed by atoms with Gasteiger partial charge in [-0.05, 0) is 56.3 Å². The monoisotopic (exact) mass is 306 g/mol. The molecule has 1 saturated heterocycles. The maximum absolute atomic E-state index is 12.5. The lowest BCUT2D eigenvalue weighted by Gasteiger charge is -2.23. The highest BCUT2D eigenvalue weighted by molar-refractivity contribution is 6.30. The molecule has 4 heteroatoms. The van der Waals surface area contributed by atoms with E-state index in [0.29, 0.717) is 24.4 Å². The van der Waals surface area contributed by atoms with Crippen LogP contribution < -0.4 is 5.32 Å². The zero-order valence-corrected chi connectivity index (χ0v) is 13.1. The lowest BCUT2D eigenvalue weighted by atomic mass is 10.1. The summed E-state index contributed by atoms with van der Waals surface area (Å²) in [5.74, 6) is 0.307. The lowest BCUT2D eigenvalue weighted by Crippen LogP contribution is -2.33. The van der Waals surface area contributed by atoms with Crippen molar-refractivity contribution in [2.24, 2.45) is 0 Å². The first-order chi connectivity index (χ1) is 10.2. The standard InChI is InChI=1S/C17H23ClN2O/c18-14-5-3-13(4-6-14)12-20(16-8-9-16)17(21)10-7-15-2-1-11-19-15/h3-6,15-16,19H,1-2,7-12H2. The summed E-state index contributed by atoms with van der Waals surface area (Å²) >= 11 is 5.92. The average molecular weight is 307 g/mol. The minimum atomic E-state index is 0.307. The van der Waals surface area contributed by atoms with Crippen LogP contribution in [0.1, 0.15) is 44.1 Å². The number of carbonyl (C=O) groups is 1. The number of hydrogen-bond donors (Lipinski definition) is 1. The SMILES string of the molecule is O=C(CCC1CCCN1)N(Cc1ccc(Cl)cc1)C1CC1. The van der Waals surface area contributed by atoms with Crippen LogP contribution in [-0.2, 0) is 11.3 Å². The number of rotatable bonds is 6. The van der Waals surface area contributed by atoms with Crippen LogP contribution in [0.15, 0.2) is 24.3 Å². The van der Waals surface area contributed by atoms with Crippen molar-refractivity contribution in [2.75, 3.05) is 6.54 Å². The van der Waals surface area contributed by atoms with E-state index in [9.17, 15) is 4.79 Å². The van der Waals surface area contributed by atoms with Crippen molar-refractivity contribution in [1.29, 1.82) is 0 Å². The van der Waals surface area contributed by atoms with Crippen LogP contribution in [0.25, 0.3) is 0 Å². The van der Waals surface area contributed by atoms with Crippen LogP contribution in [-0.4, -0.2) is 29.4 Å². The van der Waals surface area contributed by atoms with Gasteiger partial charge in [0.15, 0.2) is 0 Å². The number of benzene rings is 1. The first-order valence-corrected chi connectivity index (χ1v) is 8.37. The Balaban J connectivity index is 1.55. The molecule has 1 heterocycles. The van der Waals surface area contributed by atoms with Gasteiger partial charge < -0.3 is 10.2 Å². The smallest absolute Gasteiger partial charge is 0.223 e. The highest BCUT2D eigenvalue weighted by Crippen LogP contribution is 2.29. The molecule has 1 amide bonds. The fourth-order valence-corrected chi connectivity index (χ4v) is 3.16. The Morgan fingerprint density at radius 1 is 1.24 bits per heavy atom. The van der Waals surface area contributed by atoms with E-state index < -0.39 is 0 Å². The minimum Gasteiger partial charge on any atom is -0.335 e. The number of hydrogen-bond acceptors (Lipinski definition) is 2. The number of amides is 1. The van der Waals surface area contributed by atoms with E-state index in [1.54, 1.807) is 0 Å². The molecule has 1 aliphatic heterocycles. The van der Waals surface area contributed by atoms with Crippen LogP contribution in [0, 0.1) is 0 Å². The number of nitrogens with one attached hydrogen (secondary N) is 1. The van der Waals surface area contributed by atoms with Crippen molar-refractivity contribution in [3.05, 3.63) is 34.9 Å². The van der Waals surface area contributed by atoms with Gasteiger partial charge in [0.25, 0.3) is 0 Å². The Kier molecular flexibility index (Phi) is 4.81. The second-order valence-electron chi connectivity index (χ2n) is 6.21. The molecule has 1 saturated carbocycles. The van der Waals surface area contributed by atoms with Crippen LogP contribution in [0.4, 0.5) is 0 Å². The molecule has 0 bridgehead atoms. The van der Waals surface area contributed by atoms with Gasteiger partial charge in [-0.2, -0.15) is 0 Å². The maximum atomic E-state index is 12.5. The van der Waals surface area contributed by atoms with E-state index in [-0.39, 0.29) is 0 Å². The molecule has 1 aromatic rings. The number of carbonyl (C=O) groups excluding carboxylic acids is 1. The van der Waals surface area contributed by atoms with Gasteiger partial charge >= 0.3 is 0 Å². The van der Waals surface area contributed by atoms with Gasteiger partial charge in [-0.15, -0.1) is 0 Å². The Labute approximate surface area is 131 Å². The number of halogens is 1. The lowest BCUT2D eigenvalue weighted by molar-refractivity contribution is -0.132. The first-order valence-electron chi connectivity index (χ1n) is 7.99. The molecule has 0 spiro atoms. The van der Waals surface area contributed by atoms with Gasteiger partial charge in [0, 0.05) is 30.1 Å². The summed E-state index contributed by atoms with van der Waals surface area (Å²) in [6.45, 7) is 1.83. The molecule has 1 atom stereocenters. The van der Waals surface area contributed by atoms with Crippen molar-refractivity contribution >= 4 is 17.5 Å². The molecular formula is C17H23ClN2O. The van der Waals surface area contributed by atoms with Gasteiger partial charge in [-0.1, -0.05) is 23.7 Å². The molecule has 3 nitrogen and oxygen atoms in total. The zero-order valence-electron chi connectivity index (χ0n) is 12.4. The second kappa shape index (κ2) is 6.80. The maximum Gasteiger partial charge on any atom is 0.223 e. The van der Waals surface area contributed by atoms with Crippen molar-refractivity contribution in [1.82, 2.24) is 10.2 Å². The van der Waals surface area contributed by atoms with Crippen molar-refractivity contribution in [2.45, 2.75) is 57.2 Å². The Morgan fingerprint density at radius 3 is 2.62 bits per heavy atom. The molecule has 3 rings (SSSR count). The van der Waals surface area contributed by atoms with Gasteiger partial charge in [-0.3, -0.25) is 4.79 Å². The summed E-state index contributed by atoms with van der Waals surface area (Å²) in [6.07, 6.45) is 6.41. The average Bonchev–Trinajstić information content (AvgIpc) is 3.19. The summed E-state index contributed by atoms with van der Waals surface area (Å²) in [6, 6.07) is 8.84. The van der Waals surface area contributed by atoms with E-state index in [1.165, 1.54) is 18.4 Å². The summed E-state index contributed by atoms with van der Waals surface area (Å²) < 4.78 is 0. The van der Waals surface area contributed by atoms with E-state index >= 15 is 0 Å². The van der Waals surface area contributed by atoms with Crippen molar-refractivity contribution in [3.63, 3.8) is 0 Å². The van der Waals surface area contributed by atoms with Crippen LogP contribution in [0.2, 0.25) is 5.02 Å². The molecule has 1 aliphatic carbocycles. The molecule has 1 aromatic carbocycles. The molecule has 0 radical (unpaired) electrons. The summed E-state index contributed by atoms with van der Waals surface area (Å²) in [5, 5.41) is 4.21. The predicted octanol–water partition coefficient (Wildman–Crippen LogP) is 3.36. The fraction of sp³-hybridized carbons (Fsp3) is 0.588. The number of nitrogens with zero attached hydrogens (tertiary/aromatic N) is 1. The fourth-order valence-electron chi connectivity index (χ4n) is 3.04. The molecule has 21 heavy (non-hydrogen) atoms. The van der Waals surface area contributed by atoms with Gasteiger partial charge in [0.05, 0.1) is 0 Å². The van der Waals surface area contributed by atoms with E-state index in [1.807, 2.05) is 24.3 Å². The van der Waals surface area contributed by atoms with Gasteiger partial charge in [0.2, 0.25) is 5.91 Å². The third kappa shape index (κ3) is 4.21. The highest BCUT2D eigenvalue weighted by Gasteiger charge is 2.32. The second-order valence-corrected chi connectivity index (χ2v) is 6.65. The van der Waals surface area contributed by atoms with Crippen LogP contribution in [0.5, 0.6) is 0 Å². The normalized spacial score (nSPS) is 21.5. The van der Waals surface area contributed by atoms with Crippen LogP contribution in [0.3, 0.4) is 0 Å². The van der Waals surface area contributed by atoms with E-state index in [0.717, 1.165) is 37.4 Å². The quantitative estimate of drug-likeness (QED) is 0.874. The molecule has 2 aliphatic rings. The Bertz CT molecular complexity index is 478. The Hall–Kier alpha value is -1.06. The minimum absolute atomic E-state index is 0.307. The highest BCUT2D eigenvalue weighted by atomic mass is 35.5. The third-order valence-electron chi connectivity index (χ3n) is 4.44. The summed E-state index contributed by atoms with van der Waals surface area (Å²) in [5.41, 5.74) is 1.17. The van der Waals surface area contributed by atoms with Gasteiger partial charge in [0.1, 0.15) is 0 Å². The molecule has 1 N–H and O–H groups in total. The van der Waals surface area contributed by atoms with Crippen molar-refractivity contribution in [3.8, 4) is 0 Å². The van der Waals surface area contributed by atoms with Crippen molar-refractivity contribution < 1.29 is 4.79 Å². The Morgan fingerprint density at radius 2 is 2.00 bits per heavy atom. The summed E-state index contributed by atoms with van der Waals surface area (Å²) in [7, 11) is 0. The first kappa shape index (κ1) is 14.9. The largest absolute Gasteiger partial charge is 0.335 e. The summed E-state index contributed by atoms with van der Waals surface area (Å²) in [4.78, 5) is 14.6. The zero-order chi connectivity index (χ0) is 14.7. The molecule has 0 aromatic heterocycles. The van der Waals surface area contributed by atoms with Crippen LogP contribution >= 0.6 is 11.6 Å². The topological polar surface area (TPSA) is 32.3 Å². The molecule has 114 valence electrons. The molecule has 2 fully saturated rings. The van der Waals surface area contributed by atoms with E-state index in [4.69, 9.17) is 11.6 Å². The van der Waals surface area contributed by atoms with Gasteiger partial charge in [-0.25, -0.2) is 0 Å². The predicted molar refractivity (Wildman–Crippen MR) is 85.3 cm³/mol. The van der Waals surface area contributed by atoms with E-state index in [2.05, 4.69) is 10.2 Å². The molecule has 1 unspecified atom stereocenters. The third-order valence-corrected chi connectivity index (χ3v) is 4.70. The molecular weight excluding hydrogens is 284 g/mol.